The van der Waals surface area contributed by atoms with Crippen LogP contribution in [0.2, 0.25) is 5.02 Å². The number of amides is 4. The fraction of sp³-hybridized carbons (Fsp3) is 0.143. The number of sulfonamides is 1. The summed E-state index contributed by atoms with van der Waals surface area (Å²) in [5, 5.41) is 1.11. The fourth-order valence-corrected chi connectivity index (χ4v) is 3.11. The molecule has 0 spiro atoms. The van der Waals surface area contributed by atoms with E-state index in [4.69, 9.17) is 34.8 Å². The Morgan fingerprint density at radius 1 is 1.10 bits per heavy atom. The van der Waals surface area contributed by atoms with Crippen molar-refractivity contribution in [1.29, 1.82) is 0 Å². The summed E-state index contributed by atoms with van der Waals surface area (Å²) < 4.78 is 25.4. The Morgan fingerprint density at radius 2 is 1.69 bits per heavy atom. The highest BCUT2D eigenvalue weighted by Gasteiger charge is 2.24. The molecule has 0 atom stereocenters. The Hall–Kier alpha value is -3.20. The molecule has 0 aliphatic carbocycles. The number of hydrogen-bond donors (Lipinski definition) is 5. The average molecular weight is 444 g/mol. The molecule has 0 aliphatic heterocycles. The van der Waals surface area contributed by atoms with Crippen LogP contribution in [0.1, 0.15) is 5.69 Å². The summed E-state index contributed by atoms with van der Waals surface area (Å²) in [6.07, 6.45) is 0.976. The van der Waals surface area contributed by atoms with Gasteiger partial charge in [-0.3, -0.25) is 4.72 Å². The van der Waals surface area contributed by atoms with Gasteiger partial charge in [-0.2, -0.15) is 9.99 Å². The minimum absolute atomic E-state index is 0.148. The highest BCUT2D eigenvalue weighted by Crippen LogP contribution is 2.38. The number of aryl methyl sites for hydroxylation is 1. The number of benzene rings is 1. The normalized spacial score (nSPS) is 11.1. The van der Waals surface area contributed by atoms with Crippen LogP contribution in [-0.4, -0.2) is 36.7 Å². The van der Waals surface area contributed by atoms with Crippen LogP contribution in [0.5, 0.6) is 0 Å². The number of nitrogens with one attached hydrogen (secondary N) is 1. The van der Waals surface area contributed by atoms with E-state index in [-0.39, 0.29) is 39.3 Å². The van der Waals surface area contributed by atoms with E-state index >= 15 is 0 Å². The summed E-state index contributed by atoms with van der Waals surface area (Å²) in [5.41, 5.74) is 11.1. The molecule has 1 heterocycles. The Balaban J connectivity index is 2.79. The lowest BCUT2D eigenvalue weighted by atomic mass is 10.0. The van der Waals surface area contributed by atoms with Crippen molar-refractivity contribution < 1.29 is 18.0 Å². The number of nitrogens with two attached hydrogens (primary N) is 4. The van der Waals surface area contributed by atoms with E-state index in [1.54, 1.807) is 0 Å². The van der Waals surface area contributed by atoms with Crippen molar-refractivity contribution in [3.05, 3.63) is 28.9 Å². The third-order valence-electron chi connectivity index (χ3n) is 3.52. The second kappa shape index (κ2) is 8.04. The van der Waals surface area contributed by atoms with Crippen molar-refractivity contribution in [1.82, 2.24) is 9.97 Å². The number of nitrogens with zero attached hydrogens (tertiary/aromatic N) is 4. The van der Waals surface area contributed by atoms with Crippen LogP contribution in [0.4, 0.5) is 27.0 Å². The topological polar surface area (TPSA) is 217 Å². The average Bonchev–Trinajstić information content (AvgIpc) is 2.60. The van der Waals surface area contributed by atoms with Gasteiger partial charge < -0.3 is 11.5 Å². The van der Waals surface area contributed by atoms with Crippen LogP contribution in [0.15, 0.2) is 18.2 Å². The Morgan fingerprint density at radius 3 is 2.21 bits per heavy atom. The van der Waals surface area contributed by atoms with Gasteiger partial charge in [0.05, 0.1) is 11.9 Å². The van der Waals surface area contributed by atoms with Crippen molar-refractivity contribution >= 4 is 51.1 Å². The van der Waals surface area contributed by atoms with Gasteiger partial charge >= 0.3 is 12.1 Å². The largest absolute Gasteiger partial charge is 0.350 e. The minimum atomic E-state index is -3.57. The molecule has 156 valence electrons. The molecule has 0 fully saturated rings. The second-order valence-electron chi connectivity index (χ2n) is 5.79. The van der Waals surface area contributed by atoms with E-state index in [0.29, 0.717) is 10.0 Å². The maximum Gasteiger partial charge on any atom is 0.336 e. The fourth-order valence-electron chi connectivity index (χ4n) is 2.34. The molecule has 4 amide bonds. The summed E-state index contributed by atoms with van der Waals surface area (Å²) >= 11 is 6.27. The number of carbonyl (C=O) groups excluding carboxylic acids is 2. The zero-order valence-electron chi connectivity index (χ0n) is 15.2. The third kappa shape index (κ3) is 5.00. The van der Waals surface area contributed by atoms with Crippen molar-refractivity contribution in [2.24, 2.45) is 23.2 Å². The van der Waals surface area contributed by atoms with Gasteiger partial charge in [0.25, 0.3) is 5.95 Å². The summed E-state index contributed by atoms with van der Waals surface area (Å²) in [7, 11) is -3.57. The molecule has 1 aromatic carbocycles. The first-order valence-electron chi connectivity index (χ1n) is 7.66. The van der Waals surface area contributed by atoms with Gasteiger partial charge in [-0.25, -0.2) is 39.7 Å². The van der Waals surface area contributed by atoms with Crippen LogP contribution in [-0.2, 0) is 10.0 Å². The van der Waals surface area contributed by atoms with Crippen LogP contribution in [0.25, 0.3) is 11.1 Å². The van der Waals surface area contributed by atoms with Crippen LogP contribution in [0, 0.1) is 6.92 Å². The van der Waals surface area contributed by atoms with Gasteiger partial charge in [0.15, 0.2) is 5.82 Å². The van der Waals surface area contributed by atoms with E-state index < -0.39 is 22.1 Å². The quantitative estimate of drug-likeness (QED) is 0.240. The molecular weight excluding hydrogens is 426 g/mol. The van der Waals surface area contributed by atoms with Crippen molar-refractivity contribution in [2.75, 3.05) is 21.0 Å². The van der Waals surface area contributed by atoms with Crippen molar-refractivity contribution in [3.8, 4) is 11.1 Å². The van der Waals surface area contributed by atoms with E-state index in [0.717, 1.165) is 6.26 Å². The van der Waals surface area contributed by atoms with E-state index in [9.17, 15) is 18.0 Å². The molecule has 1 aromatic heterocycles. The van der Waals surface area contributed by atoms with Gasteiger partial charge in [-0.15, -0.1) is 0 Å². The van der Waals surface area contributed by atoms with Crippen molar-refractivity contribution in [2.45, 2.75) is 6.92 Å². The number of carbonyl (C=O) groups is 2. The standard InChI is InChI=1S/C14H18ClN9O4S/c1-6-10(8-5-7(3-4-9(8)15)22-29(2,27)28)11(23(18)12(16)25)21-14(20-6)24(19)13(17)26/h3-5,22H,18-19H2,1-2H3,(H2,16,25)(H2,17,26). The van der Waals surface area contributed by atoms with E-state index in [1.165, 1.54) is 25.1 Å². The SMILES string of the molecule is Cc1nc(N(N)C(N)=O)nc(N(N)C(N)=O)c1-c1cc(NS(C)(=O)=O)ccc1Cl. The lowest BCUT2D eigenvalue weighted by Crippen LogP contribution is -2.45. The molecule has 13 nitrogen and oxygen atoms in total. The Labute approximate surface area is 170 Å². The number of urea groups is 2. The maximum absolute atomic E-state index is 11.7. The van der Waals surface area contributed by atoms with Crippen LogP contribution < -0.4 is 37.9 Å². The molecule has 29 heavy (non-hydrogen) atoms. The molecule has 2 aromatic rings. The predicted octanol–water partition coefficient (Wildman–Crippen LogP) is -0.00548. The smallest absolute Gasteiger partial charge is 0.336 e. The van der Waals surface area contributed by atoms with Crippen LogP contribution >= 0.6 is 11.6 Å². The molecule has 0 saturated carbocycles. The number of anilines is 3. The number of hydrazine groups is 2. The van der Waals surface area contributed by atoms with Crippen molar-refractivity contribution in [3.63, 3.8) is 0 Å². The number of aromatic nitrogens is 2. The molecule has 15 heteroatoms. The monoisotopic (exact) mass is 443 g/mol. The van der Waals surface area contributed by atoms with Gasteiger partial charge in [0.1, 0.15) is 0 Å². The molecule has 9 N–H and O–H groups in total. The minimum Gasteiger partial charge on any atom is -0.350 e. The lowest BCUT2D eigenvalue weighted by molar-refractivity contribution is 0.253. The summed E-state index contributed by atoms with van der Waals surface area (Å²) in [5.74, 6) is 10.6. The lowest BCUT2D eigenvalue weighted by Gasteiger charge is -2.22. The molecule has 0 radical (unpaired) electrons. The zero-order chi connectivity index (χ0) is 22.1. The first kappa shape index (κ1) is 22.1. The molecule has 0 saturated heterocycles. The van der Waals surface area contributed by atoms with Crippen LogP contribution in [0.3, 0.4) is 0 Å². The number of rotatable bonds is 5. The van der Waals surface area contributed by atoms with E-state index in [2.05, 4.69) is 14.7 Å². The third-order valence-corrected chi connectivity index (χ3v) is 4.45. The van der Waals surface area contributed by atoms with Gasteiger partial charge in [-0.1, -0.05) is 11.6 Å². The number of hydrogen-bond acceptors (Lipinski definition) is 8. The Kier molecular flexibility index (Phi) is 6.13. The molecule has 2 rings (SSSR count). The second-order valence-corrected chi connectivity index (χ2v) is 7.95. The number of halogens is 1. The molecule has 0 aliphatic rings. The maximum atomic E-state index is 11.7. The predicted molar refractivity (Wildman–Crippen MR) is 108 cm³/mol. The summed E-state index contributed by atoms with van der Waals surface area (Å²) in [6.45, 7) is 1.50. The first-order chi connectivity index (χ1) is 13.3. The highest BCUT2D eigenvalue weighted by atomic mass is 35.5. The molecular formula is C14H18ClN9O4S. The van der Waals surface area contributed by atoms with Gasteiger partial charge in [0.2, 0.25) is 10.0 Å². The van der Waals surface area contributed by atoms with Gasteiger partial charge in [0, 0.05) is 21.8 Å². The zero-order valence-corrected chi connectivity index (χ0v) is 16.8. The highest BCUT2D eigenvalue weighted by molar-refractivity contribution is 7.92. The summed E-state index contributed by atoms with van der Waals surface area (Å²) in [6, 6.07) is 2.09. The Bertz CT molecular complexity index is 1090. The first-order valence-corrected chi connectivity index (χ1v) is 9.93. The summed E-state index contributed by atoms with van der Waals surface area (Å²) in [4.78, 5) is 31.0. The molecule has 0 unspecified atom stereocenters. The number of primary amides is 2. The van der Waals surface area contributed by atoms with E-state index in [1.807, 2.05) is 0 Å². The molecule has 0 bridgehead atoms. The van der Waals surface area contributed by atoms with Gasteiger partial charge in [-0.05, 0) is 25.1 Å².